The Labute approximate surface area is 140 Å². The van der Waals surface area contributed by atoms with Crippen LogP contribution in [0.4, 0.5) is 0 Å². The molecule has 5 heteroatoms. The van der Waals surface area contributed by atoms with Crippen LogP contribution in [0.2, 0.25) is 0 Å². The van der Waals surface area contributed by atoms with Crippen LogP contribution in [0.15, 0.2) is 29.1 Å². The molecule has 3 rings (SSSR count). The minimum absolute atomic E-state index is 0.111. The van der Waals surface area contributed by atoms with E-state index in [-0.39, 0.29) is 23.4 Å². The van der Waals surface area contributed by atoms with Crippen molar-refractivity contribution >= 4 is 18.1 Å². The second kappa shape index (κ2) is 6.99. The molecule has 0 spiro atoms. The molecule has 3 atom stereocenters. The molecule has 5 nitrogen and oxygen atoms in total. The van der Waals surface area contributed by atoms with Crippen LogP contribution in [-0.4, -0.2) is 23.0 Å². The molecule has 126 valence electrons. The van der Waals surface area contributed by atoms with E-state index in [1.807, 2.05) is 31.2 Å². The molecule has 0 radical (unpaired) electrons. The van der Waals surface area contributed by atoms with Gasteiger partial charge in [0.25, 0.3) is 5.56 Å². The molecule has 0 aliphatic heterocycles. The van der Waals surface area contributed by atoms with Gasteiger partial charge in [-0.3, -0.25) is 9.59 Å². The summed E-state index contributed by atoms with van der Waals surface area (Å²) in [4.78, 5) is 31.5. The molecule has 24 heavy (non-hydrogen) atoms. The van der Waals surface area contributed by atoms with Gasteiger partial charge in [-0.05, 0) is 38.2 Å². The van der Waals surface area contributed by atoms with Gasteiger partial charge in [-0.1, -0.05) is 30.4 Å². The maximum Gasteiger partial charge on any atom is 0.312 e. The van der Waals surface area contributed by atoms with Crippen molar-refractivity contribution in [2.75, 3.05) is 7.11 Å². The fourth-order valence-corrected chi connectivity index (χ4v) is 3.13. The Hall–Kier alpha value is -2.43. The first kappa shape index (κ1) is 16.4. The summed E-state index contributed by atoms with van der Waals surface area (Å²) in [7, 11) is 1.38. The number of nitrogens with one attached hydrogen (secondary N) is 1. The van der Waals surface area contributed by atoms with Gasteiger partial charge < -0.3 is 9.72 Å². The molecule has 1 N–H and O–H groups in total. The number of allylic oxidation sites excluding steroid dienone is 4. The number of hydrogen-bond acceptors (Lipinski definition) is 4. The summed E-state index contributed by atoms with van der Waals surface area (Å²) in [5.74, 6) is 0.0840. The standard InChI is InChI=1S/C19H22N2O3/c1-3-4-5-6-7-12-10-14(12)17-18(22)21-15-9-8-13(19(23)24-2)11-16(15)20-17/h3-6,9,11-14H,7-8,10H2,1-2H3,(H,21,22)/b4-3-,6-5-. The maximum atomic E-state index is 12.3. The number of nitrogens with zero attached hydrogens (tertiary/aromatic N) is 1. The lowest BCUT2D eigenvalue weighted by Gasteiger charge is -2.11. The van der Waals surface area contributed by atoms with Crippen LogP contribution in [0.1, 0.15) is 37.8 Å². The van der Waals surface area contributed by atoms with E-state index in [9.17, 15) is 9.59 Å². The lowest BCUT2D eigenvalue weighted by atomic mass is 10.0. The van der Waals surface area contributed by atoms with Gasteiger partial charge in [0.2, 0.25) is 0 Å². The van der Waals surface area contributed by atoms with Crippen LogP contribution in [-0.2, 0) is 9.53 Å². The average molecular weight is 326 g/mol. The van der Waals surface area contributed by atoms with E-state index in [1.54, 1.807) is 6.08 Å². The highest BCUT2D eigenvalue weighted by Gasteiger charge is 2.40. The number of ether oxygens (including phenoxy) is 1. The van der Waals surface area contributed by atoms with Gasteiger partial charge in [0.1, 0.15) is 5.69 Å². The topological polar surface area (TPSA) is 72.0 Å². The number of esters is 1. The van der Waals surface area contributed by atoms with Crippen molar-refractivity contribution in [1.29, 1.82) is 0 Å². The predicted octanol–water partition coefficient (Wildman–Crippen LogP) is 1.15. The number of methoxy groups -OCH3 is 1. The molecule has 2 aliphatic carbocycles. The third-order valence-corrected chi connectivity index (χ3v) is 4.59. The molecule has 0 saturated heterocycles. The van der Waals surface area contributed by atoms with Gasteiger partial charge in [-0.25, -0.2) is 4.98 Å². The summed E-state index contributed by atoms with van der Waals surface area (Å²) in [6.45, 7) is 1.98. The Morgan fingerprint density at radius 2 is 2.29 bits per heavy atom. The zero-order chi connectivity index (χ0) is 17.1. The van der Waals surface area contributed by atoms with Crippen molar-refractivity contribution in [1.82, 2.24) is 9.97 Å². The zero-order valence-electron chi connectivity index (χ0n) is 14.0. The smallest absolute Gasteiger partial charge is 0.312 e. The Kier molecular flexibility index (Phi) is 4.79. The van der Waals surface area contributed by atoms with Gasteiger partial charge in [0.15, 0.2) is 0 Å². The summed E-state index contributed by atoms with van der Waals surface area (Å²) >= 11 is 0. The van der Waals surface area contributed by atoms with E-state index >= 15 is 0 Å². The number of hydrogen-bond donors (Lipinski definition) is 1. The molecule has 1 aromatic heterocycles. The van der Waals surface area contributed by atoms with Crippen LogP contribution < -0.4 is 16.3 Å². The Morgan fingerprint density at radius 3 is 3.04 bits per heavy atom. The highest BCUT2D eigenvalue weighted by molar-refractivity contribution is 5.80. The molecule has 1 aromatic rings. The first-order chi connectivity index (χ1) is 11.6. The highest BCUT2D eigenvalue weighted by atomic mass is 16.5. The molecule has 1 heterocycles. The third kappa shape index (κ3) is 3.40. The molecule has 0 amide bonds. The van der Waals surface area contributed by atoms with E-state index < -0.39 is 0 Å². The van der Waals surface area contributed by atoms with Crippen LogP contribution in [0.25, 0.3) is 12.2 Å². The SMILES string of the molecule is C/C=C\C=C/CC1CC1c1nc2c([nH]c1=O)=CCC(C(=O)OC)C=2. The Bertz CT molecular complexity index is 864. The molecule has 1 saturated carbocycles. The fourth-order valence-electron chi connectivity index (χ4n) is 3.13. The van der Waals surface area contributed by atoms with E-state index in [1.165, 1.54) is 7.11 Å². The largest absolute Gasteiger partial charge is 0.469 e. The zero-order valence-corrected chi connectivity index (χ0v) is 14.0. The van der Waals surface area contributed by atoms with E-state index in [0.717, 1.165) is 12.8 Å². The highest BCUT2D eigenvalue weighted by Crippen LogP contribution is 2.47. The van der Waals surface area contributed by atoms with Crippen molar-refractivity contribution in [2.24, 2.45) is 11.8 Å². The lowest BCUT2D eigenvalue weighted by Crippen LogP contribution is -2.42. The Morgan fingerprint density at radius 1 is 1.46 bits per heavy atom. The van der Waals surface area contributed by atoms with Crippen molar-refractivity contribution in [3.05, 3.63) is 51.1 Å². The number of aromatic nitrogens is 2. The summed E-state index contributed by atoms with van der Waals surface area (Å²) < 4.78 is 4.80. The fraction of sp³-hybridized carbons (Fsp3) is 0.421. The van der Waals surface area contributed by atoms with Crippen molar-refractivity contribution in [3.63, 3.8) is 0 Å². The normalized spacial score (nSPS) is 25.2. The first-order valence-electron chi connectivity index (χ1n) is 8.32. The second-order valence-corrected chi connectivity index (χ2v) is 6.28. The van der Waals surface area contributed by atoms with E-state index in [4.69, 9.17) is 4.74 Å². The number of carbonyl (C=O) groups excluding carboxylic acids is 1. The number of rotatable bonds is 5. The average Bonchev–Trinajstić information content (AvgIpc) is 3.36. The van der Waals surface area contributed by atoms with Gasteiger partial charge in [-0.15, -0.1) is 0 Å². The quantitative estimate of drug-likeness (QED) is 0.651. The summed E-state index contributed by atoms with van der Waals surface area (Å²) in [6, 6.07) is 0. The van der Waals surface area contributed by atoms with Crippen LogP contribution in [0, 0.1) is 11.8 Å². The molecular weight excluding hydrogens is 304 g/mol. The van der Waals surface area contributed by atoms with Crippen LogP contribution in [0.3, 0.4) is 0 Å². The minimum Gasteiger partial charge on any atom is -0.469 e. The lowest BCUT2D eigenvalue weighted by molar-refractivity contribution is -0.143. The number of H-pyrrole nitrogens is 1. The summed E-state index contributed by atoms with van der Waals surface area (Å²) in [6.07, 6.45) is 14.3. The predicted molar refractivity (Wildman–Crippen MR) is 92.6 cm³/mol. The molecule has 0 aromatic carbocycles. The van der Waals surface area contributed by atoms with Gasteiger partial charge >= 0.3 is 5.97 Å². The molecule has 1 fully saturated rings. The monoisotopic (exact) mass is 326 g/mol. The van der Waals surface area contributed by atoms with E-state index in [0.29, 0.717) is 28.7 Å². The van der Waals surface area contributed by atoms with Crippen LogP contribution in [0.5, 0.6) is 0 Å². The number of carbonyl (C=O) groups is 1. The first-order valence-corrected chi connectivity index (χ1v) is 8.32. The number of aromatic amines is 1. The molecule has 0 bridgehead atoms. The van der Waals surface area contributed by atoms with Crippen molar-refractivity contribution < 1.29 is 9.53 Å². The maximum absolute atomic E-state index is 12.3. The summed E-state index contributed by atoms with van der Waals surface area (Å²) in [5.41, 5.74) is 0.480. The second-order valence-electron chi connectivity index (χ2n) is 6.28. The molecule has 3 unspecified atom stereocenters. The third-order valence-electron chi connectivity index (χ3n) is 4.59. The van der Waals surface area contributed by atoms with Crippen molar-refractivity contribution in [3.8, 4) is 0 Å². The molecule has 2 aliphatic rings. The van der Waals surface area contributed by atoms with E-state index in [2.05, 4.69) is 16.0 Å². The van der Waals surface area contributed by atoms with Crippen LogP contribution >= 0.6 is 0 Å². The summed E-state index contributed by atoms with van der Waals surface area (Å²) in [5, 5.41) is 1.38. The minimum atomic E-state index is -0.326. The van der Waals surface area contributed by atoms with Gasteiger partial charge in [0, 0.05) is 5.92 Å². The Balaban J connectivity index is 1.82. The van der Waals surface area contributed by atoms with Gasteiger partial charge in [0.05, 0.1) is 23.7 Å². The van der Waals surface area contributed by atoms with Gasteiger partial charge in [-0.2, -0.15) is 0 Å². The van der Waals surface area contributed by atoms with Crippen molar-refractivity contribution in [2.45, 2.75) is 32.1 Å². The number of fused-ring (bicyclic) bond motifs is 1. The molecular formula is C19H22N2O3.